The van der Waals surface area contributed by atoms with Gasteiger partial charge in [0.25, 0.3) is 0 Å². The Balaban J connectivity index is 2.57. The average Bonchev–Trinajstić information content (AvgIpc) is 2.44. The second-order valence-electron chi connectivity index (χ2n) is 4.37. The quantitative estimate of drug-likeness (QED) is 0.863. The van der Waals surface area contributed by atoms with Crippen LogP contribution in [0.2, 0.25) is 0 Å². The van der Waals surface area contributed by atoms with E-state index in [4.69, 9.17) is 0 Å². The maximum Gasteiger partial charge on any atom is 0.417 e. The molecule has 1 aromatic heterocycles. The molecule has 1 heterocycles. The summed E-state index contributed by atoms with van der Waals surface area (Å²) >= 11 is 0. The third-order valence-electron chi connectivity index (χ3n) is 2.78. The number of alkyl halides is 3. The lowest BCUT2D eigenvalue weighted by Gasteiger charge is -2.15. The molecule has 7 heteroatoms. The number of nitrogens with zero attached hydrogens (tertiary/aromatic N) is 2. The first-order chi connectivity index (χ1) is 9.93. The van der Waals surface area contributed by atoms with E-state index in [1.807, 2.05) is 6.92 Å². The number of benzene rings is 1. The van der Waals surface area contributed by atoms with Gasteiger partial charge in [-0.2, -0.15) is 13.2 Å². The highest BCUT2D eigenvalue weighted by Crippen LogP contribution is 2.38. The molecule has 0 unspecified atom stereocenters. The van der Waals surface area contributed by atoms with Crippen molar-refractivity contribution < 1.29 is 17.6 Å². The second-order valence-corrected chi connectivity index (χ2v) is 4.37. The fraction of sp³-hybridized carbons (Fsp3) is 0.286. The van der Waals surface area contributed by atoms with Gasteiger partial charge < -0.3 is 5.32 Å². The number of anilines is 1. The molecule has 0 spiro atoms. The molecule has 1 aromatic carbocycles. The largest absolute Gasteiger partial charge is 0.417 e. The van der Waals surface area contributed by atoms with Gasteiger partial charge in [-0.05, 0) is 24.6 Å². The fourth-order valence-corrected chi connectivity index (χ4v) is 1.87. The van der Waals surface area contributed by atoms with E-state index in [1.165, 1.54) is 12.4 Å². The molecule has 0 atom stereocenters. The van der Waals surface area contributed by atoms with Crippen molar-refractivity contribution in [3.63, 3.8) is 0 Å². The van der Waals surface area contributed by atoms with Gasteiger partial charge in [0.15, 0.2) is 5.82 Å². The van der Waals surface area contributed by atoms with Crippen LogP contribution in [0, 0.1) is 5.82 Å². The van der Waals surface area contributed by atoms with E-state index >= 15 is 0 Å². The van der Waals surface area contributed by atoms with Crippen LogP contribution >= 0.6 is 0 Å². The summed E-state index contributed by atoms with van der Waals surface area (Å²) in [6.45, 7) is 2.47. The van der Waals surface area contributed by atoms with Gasteiger partial charge in [0.1, 0.15) is 11.5 Å². The molecular formula is C14H13F4N3. The van der Waals surface area contributed by atoms with Crippen LogP contribution < -0.4 is 5.32 Å². The molecule has 2 rings (SSSR count). The summed E-state index contributed by atoms with van der Waals surface area (Å²) in [4.78, 5) is 7.96. The SMILES string of the molecule is CCCNc1nccnc1-c1ccc(F)cc1C(F)(F)F. The van der Waals surface area contributed by atoms with E-state index in [9.17, 15) is 17.6 Å². The molecule has 3 nitrogen and oxygen atoms in total. The summed E-state index contributed by atoms with van der Waals surface area (Å²) < 4.78 is 52.3. The van der Waals surface area contributed by atoms with Crippen LogP contribution in [0.25, 0.3) is 11.3 Å². The third-order valence-corrected chi connectivity index (χ3v) is 2.78. The minimum absolute atomic E-state index is 0.0540. The summed E-state index contributed by atoms with van der Waals surface area (Å²) in [6, 6.07) is 2.51. The highest BCUT2D eigenvalue weighted by atomic mass is 19.4. The molecular weight excluding hydrogens is 286 g/mol. The van der Waals surface area contributed by atoms with Gasteiger partial charge in [0, 0.05) is 24.5 Å². The molecule has 0 aliphatic rings. The van der Waals surface area contributed by atoms with E-state index in [-0.39, 0.29) is 17.1 Å². The Kier molecular flexibility index (Phi) is 4.40. The van der Waals surface area contributed by atoms with Crippen LogP contribution in [0.3, 0.4) is 0 Å². The number of aromatic nitrogens is 2. The van der Waals surface area contributed by atoms with Crippen molar-refractivity contribution in [3.8, 4) is 11.3 Å². The number of hydrogen-bond donors (Lipinski definition) is 1. The number of rotatable bonds is 4. The molecule has 0 saturated carbocycles. The van der Waals surface area contributed by atoms with Gasteiger partial charge in [0.2, 0.25) is 0 Å². The molecule has 0 radical (unpaired) electrons. The minimum Gasteiger partial charge on any atom is -0.368 e. The summed E-state index contributed by atoms with van der Waals surface area (Å²) in [5.74, 6) is -0.700. The molecule has 112 valence electrons. The molecule has 0 saturated heterocycles. The summed E-state index contributed by atoms with van der Waals surface area (Å²) in [7, 11) is 0. The van der Waals surface area contributed by atoms with Crippen LogP contribution in [-0.4, -0.2) is 16.5 Å². The van der Waals surface area contributed by atoms with Gasteiger partial charge in [-0.15, -0.1) is 0 Å². The fourth-order valence-electron chi connectivity index (χ4n) is 1.87. The van der Waals surface area contributed by atoms with Crippen LogP contribution in [0.15, 0.2) is 30.6 Å². The maximum atomic E-state index is 13.1. The van der Waals surface area contributed by atoms with Crippen LogP contribution in [0.4, 0.5) is 23.4 Å². The second kappa shape index (κ2) is 6.07. The van der Waals surface area contributed by atoms with Crippen molar-refractivity contribution in [3.05, 3.63) is 42.0 Å². The Hall–Kier alpha value is -2.18. The summed E-state index contributed by atoms with van der Waals surface area (Å²) in [5, 5.41) is 2.92. The van der Waals surface area contributed by atoms with Crippen molar-refractivity contribution in [2.75, 3.05) is 11.9 Å². The van der Waals surface area contributed by atoms with E-state index in [2.05, 4.69) is 15.3 Å². The number of nitrogens with one attached hydrogen (secondary N) is 1. The van der Waals surface area contributed by atoms with E-state index in [1.54, 1.807) is 0 Å². The van der Waals surface area contributed by atoms with Gasteiger partial charge in [0.05, 0.1) is 5.56 Å². The predicted octanol–water partition coefficient (Wildman–Crippen LogP) is 4.12. The number of halogens is 4. The lowest BCUT2D eigenvalue weighted by Crippen LogP contribution is -2.10. The predicted molar refractivity (Wildman–Crippen MR) is 71.2 cm³/mol. The molecule has 0 aliphatic heterocycles. The van der Waals surface area contributed by atoms with Gasteiger partial charge in [-0.1, -0.05) is 6.92 Å². The maximum absolute atomic E-state index is 13.1. The zero-order valence-corrected chi connectivity index (χ0v) is 11.2. The van der Waals surface area contributed by atoms with E-state index < -0.39 is 17.6 Å². The van der Waals surface area contributed by atoms with Crippen LogP contribution in [0.5, 0.6) is 0 Å². The smallest absolute Gasteiger partial charge is 0.368 e. The lowest BCUT2D eigenvalue weighted by molar-refractivity contribution is -0.137. The van der Waals surface area contributed by atoms with Gasteiger partial charge >= 0.3 is 6.18 Å². The number of hydrogen-bond acceptors (Lipinski definition) is 3. The van der Waals surface area contributed by atoms with E-state index in [0.717, 1.165) is 18.6 Å². The molecule has 0 aliphatic carbocycles. The molecule has 1 N–H and O–H groups in total. The first-order valence-corrected chi connectivity index (χ1v) is 6.35. The highest BCUT2D eigenvalue weighted by Gasteiger charge is 2.35. The van der Waals surface area contributed by atoms with Gasteiger partial charge in [-0.25, -0.2) is 9.37 Å². The zero-order valence-electron chi connectivity index (χ0n) is 11.2. The van der Waals surface area contributed by atoms with E-state index in [0.29, 0.717) is 12.6 Å². The summed E-state index contributed by atoms with van der Waals surface area (Å²) in [6.07, 6.45) is -1.20. The molecule has 21 heavy (non-hydrogen) atoms. The molecule has 0 amide bonds. The Morgan fingerprint density at radius 1 is 1.14 bits per heavy atom. The van der Waals surface area contributed by atoms with Crippen LogP contribution in [0.1, 0.15) is 18.9 Å². The summed E-state index contributed by atoms with van der Waals surface area (Å²) in [5.41, 5.74) is -1.21. The van der Waals surface area contributed by atoms with Crippen molar-refractivity contribution in [1.29, 1.82) is 0 Å². The van der Waals surface area contributed by atoms with Crippen molar-refractivity contribution in [1.82, 2.24) is 9.97 Å². The highest BCUT2D eigenvalue weighted by molar-refractivity contribution is 5.74. The zero-order chi connectivity index (χ0) is 15.5. The Bertz CT molecular complexity index is 626. The Morgan fingerprint density at radius 2 is 1.86 bits per heavy atom. The first-order valence-electron chi connectivity index (χ1n) is 6.35. The molecule has 2 aromatic rings. The van der Waals surface area contributed by atoms with Crippen molar-refractivity contribution >= 4 is 5.82 Å². The van der Waals surface area contributed by atoms with Crippen LogP contribution in [-0.2, 0) is 6.18 Å². The Morgan fingerprint density at radius 3 is 2.52 bits per heavy atom. The standard InChI is InChI=1S/C14H13F4N3/c1-2-5-20-13-12(19-6-7-21-13)10-4-3-9(15)8-11(10)14(16,17)18/h3-4,6-8H,2,5H2,1H3,(H,20,21). The average molecular weight is 299 g/mol. The minimum atomic E-state index is -4.67. The van der Waals surface area contributed by atoms with Crippen molar-refractivity contribution in [2.24, 2.45) is 0 Å². The monoisotopic (exact) mass is 299 g/mol. The lowest BCUT2D eigenvalue weighted by atomic mass is 10.0. The van der Waals surface area contributed by atoms with Gasteiger partial charge in [-0.3, -0.25) is 4.98 Å². The first kappa shape index (κ1) is 15.2. The Labute approximate surface area is 119 Å². The normalized spacial score (nSPS) is 11.5. The topological polar surface area (TPSA) is 37.8 Å². The molecule has 0 bridgehead atoms. The third kappa shape index (κ3) is 3.48. The molecule has 0 fully saturated rings. The van der Waals surface area contributed by atoms with Crippen molar-refractivity contribution in [2.45, 2.75) is 19.5 Å².